The van der Waals surface area contributed by atoms with Gasteiger partial charge in [-0.05, 0) is 19.8 Å². The van der Waals surface area contributed by atoms with Crippen LogP contribution in [0.1, 0.15) is 19.8 Å². The fourth-order valence-electron chi connectivity index (χ4n) is 1.72. The highest BCUT2D eigenvalue weighted by molar-refractivity contribution is 6.09. The van der Waals surface area contributed by atoms with Crippen molar-refractivity contribution in [2.24, 2.45) is 5.92 Å². The van der Waals surface area contributed by atoms with Gasteiger partial charge in [-0.1, -0.05) is 0 Å². The van der Waals surface area contributed by atoms with Crippen LogP contribution in [0, 0.1) is 5.92 Å². The number of halogens is 3. The first-order chi connectivity index (χ1) is 8.17. The summed E-state index contributed by atoms with van der Waals surface area (Å²) in [5, 5.41) is 1.59. The molecule has 1 aliphatic carbocycles. The topological polar surface area (TPSA) is 66.5 Å². The molecule has 3 amide bonds. The first kappa shape index (κ1) is 12.8. The van der Waals surface area contributed by atoms with Crippen LogP contribution in [0.15, 0.2) is 0 Å². The minimum Gasteiger partial charge on any atom is -0.316 e. The first-order valence-electron chi connectivity index (χ1n) is 5.40. The molecule has 1 saturated heterocycles. The highest BCUT2D eigenvalue weighted by Gasteiger charge is 2.64. The SMILES string of the molecule is CC1(C(F)(F)F)NC(=O)N(CC(=O)C2CC2)C1=O. The number of rotatable bonds is 3. The van der Waals surface area contributed by atoms with Crippen molar-refractivity contribution in [2.45, 2.75) is 31.5 Å². The number of imide groups is 1. The van der Waals surface area contributed by atoms with Crippen molar-refractivity contribution >= 4 is 17.7 Å². The zero-order valence-electron chi connectivity index (χ0n) is 9.50. The van der Waals surface area contributed by atoms with Gasteiger partial charge in [-0.2, -0.15) is 13.2 Å². The molecular weight excluding hydrogens is 253 g/mol. The van der Waals surface area contributed by atoms with Gasteiger partial charge in [-0.3, -0.25) is 14.5 Å². The third kappa shape index (κ3) is 1.85. The average Bonchev–Trinajstić information content (AvgIpc) is 3.02. The molecule has 1 N–H and O–H groups in total. The summed E-state index contributed by atoms with van der Waals surface area (Å²) in [6, 6.07) is -1.17. The summed E-state index contributed by atoms with van der Waals surface area (Å²) in [5.41, 5.74) is -2.94. The van der Waals surface area contributed by atoms with E-state index in [1.807, 2.05) is 0 Å². The van der Waals surface area contributed by atoms with Crippen molar-refractivity contribution in [3.63, 3.8) is 0 Å². The highest BCUT2D eigenvalue weighted by atomic mass is 19.4. The van der Waals surface area contributed by atoms with Crippen LogP contribution in [-0.4, -0.2) is 40.9 Å². The Kier molecular flexibility index (Phi) is 2.64. The van der Waals surface area contributed by atoms with E-state index >= 15 is 0 Å². The van der Waals surface area contributed by atoms with E-state index in [1.54, 1.807) is 5.32 Å². The standard InChI is InChI=1S/C10H11F3N2O3/c1-9(10(11,12)13)7(17)15(8(18)14-9)4-6(16)5-2-3-5/h5H,2-4H2,1H3,(H,14,18). The van der Waals surface area contributed by atoms with E-state index < -0.39 is 30.2 Å². The van der Waals surface area contributed by atoms with Gasteiger partial charge in [0.1, 0.15) is 0 Å². The van der Waals surface area contributed by atoms with Crippen LogP contribution >= 0.6 is 0 Å². The molecule has 0 aromatic heterocycles. The Morgan fingerprint density at radius 2 is 2.00 bits per heavy atom. The van der Waals surface area contributed by atoms with Crippen LogP contribution in [0.25, 0.3) is 0 Å². The molecule has 1 heterocycles. The summed E-state index contributed by atoms with van der Waals surface area (Å²) in [6.45, 7) is 0.00976. The number of hydrogen-bond acceptors (Lipinski definition) is 3. The molecule has 18 heavy (non-hydrogen) atoms. The molecule has 1 saturated carbocycles. The quantitative estimate of drug-likeness (QED) is 0.768. The third-order valence-electron chi connectivity index (χ3n) is 3.19. The maximum absolute atomic E-state index is 12.7. The Labute approximate surface area is 100 Å². The number of Topliss-reactive ketones (excluding diaryl/α,β-unsaturated/α-hetero) is 1. The molecule has 2 aliphatic rings. The lowest BCUT2D eigenvalue weighted by Crippen LogP contribution is -2.56. The number of hydrogen-bond donors (Lipinski definition) is 1. The predicted octanol–water partition coefficient (Wildman–Crippen LogP) is 0.838. The summed E-state index contributed by atoms with van der Waals surface area (Å²) in [5.74, 6) is -2.01. The van der Waals surface area contributed by atoms with Crippen LogP contribution in [-0.2, 0) is 9.59 Å². The molecule has 0 aromatic carbocycles. The van der Waals surface area contributed by atoms with E-state index in [0.717, 1.165) is 0 Å². The molecule has 0 radical (unpaired) electrons. The van der Waals surface area contributed by atoms with Crippen molar-refractivity contribution < 1.29 is 27.6 Å². The Balaban J connectivity index is 2.16. The van der Waals surface area contributed by atoms with Gasteiger partial charge in [-0.15, -0.1) is 0 Å². The van der Waals surface area contributed by atoms with Gasteiger partial charge < -0.3 is 5.32 Å². The molecule has 2 rings (SSSR count). The summed E-state index contributed by atoms with van der Waals surface area (Å²) in [7, 11) is 0. The van der Waals surface area contributed by atoms with Crippen molar-refractivity contribution in [2.75, 3.05) is 6.54 Å². The summed E-state index contributed by atoms with van der Waals surface area (Å²) in [6.07, 6.45) is -3.56. The monoisotopic (exact) mass is 264 g/mol. The Morgan fingerprint density at radius 3 is 2.39 bits per heavy atom. The van der Waals surface area contributed by atoms with E-state index in [0.29, 0.717) is 24.7 Å². The Hall–Kier alpha value is -1.60. The lowest BCUT2D eigenvalue weighted by atomic mass is 10.0. The molecular formula is C10H11F3N2O3. The lowest BCUT2D eigenvalue weighted by molar-refractivity contribution is -0.191. The second kappa shape index (κ2) is 3.69. The second-order valence-electron chi connectivity index (χ2n) is 4.68. The van der Waals surface area contributed by atoms with Crippen LogP contribution in [0.4, 0.5) is 18.0 Å². The van der Waals surface area contributed by atoms with Gasteiger partial charge in [0.25, 0.3) is 5.91 Å². The molecule has 5 nitrogen and oxygen atoms in total. The van der Waals surface area contributed by atoms with Crippen molar-refractivity contribution in [1.29, 1.82) is 0 Å². The van der Waals surface area contributed by atoms with Gasteiger partial charge >= 0.3 is 12.2 Å². The van der Waals surface area contributed by atoms with Crippen LogP contribution in [0.3, 0.4) is 0 Å². The van der Waals surface area contributed by atoms with E-state index in [2.05, 4.69) is 0 Å². The summed E-state index contributed by atoms with van der Waals surface area (Å²) < 4.78 is 38.1. The number of nitrogens with zero attached hydrogens (tertiary/aromatic N) is 1. The molecule has 100 valence electrons. The smallest absolute Gasteiger partial charge is 0.316 e. The maximum Gasteiger partial charge on any atom is 0.420 e. The maximum atomic E-state index is 12.7. The zero-order valence-corrected chi connectivity index (χ0v) is 9.50. The fraction of sp³-hybridized carbons (Fsp3) is 0.700. The number of nitrogens with one attached hydrogen (secondary N) is 1. The highest BCUT2D eigenvalue weighted by Crippen LogP contribution is 2.36. The van der Waals surface area contributed by atoms with Gasteiger partial charge in [0.05, 0.1) is 6.54 Å². The molecule has 0 spiro atoms. The average molecular weight is 264 g/mol. The van der Waals surface area contributed by atoms with Crippen molar-refractivity contribution in [1.82, 2.24) is 10.2 Å². The fourth-order valence-corrected chi connectivity index (χ4v) is 1.72. The van der Waals surface area contributed by atoms with Gasteiger partial charge in [0, 0.05) is 5.92 Å². The number of ketones is 1. The third-order valence-corrected chi connectivity index (χ3v) is 3.19. The molecule has 0 bridgehead atoms. The van der Waals surface area contributed by atoms with E-state index in [9.17, 15) is 27.6 Å². The van der Waals surface area contributed by atoms with Gasteiger partial charge in [0.15, 0.2) is 5.78 Å². The van der Waals surface area contributed by atoms with Gasteiger partial charge in [0.2, 0.25) is 5.54 Å². The number of urea groups is 1. The van der Waals surface area contributed by atoms with E-state index in [1.165, 1.54) is 0 Å². The predicted molar refractivity (Wildman–Crippen MR) is 52.4 cm³/mol. The molecule has 1 aliphatic heterocycles. The van der Waals surface area contributed by atoms with Crippen molar-refractivity contribution in [3.05, 3.63) is 0 Å². The summed E-state index contributed by atoms with van der Waals surface area (Å²) in [4.78, 5) is 34.8. The minimum atomic E-state index is -4.89. The summed E-state index contributed by atoms with van der Waals surface area (Å²) >= 11 is 0. The van der Waals surface area contributed by atoms with Crippen LogP contribution < -0.4 is 5.32 Å². The normalized spacial score (nSPS) is 28.6. The zero-order chi connectivity index (χ0) is 13.7. The lowest BCUT2D eigenvalue weighted by Gasteiger charge is -2.24. The Bertz CT molecular complexity index is 431. The van der Waals surface area contributed by atoms with Gasteiger partial charge in [-0.25, -0.2) is 4.79 Å². The molecule has 1 atom stereocenters. The number of carbonyl (C=O) groups excluding carboxylic acids is 3. The number of amides is 3. The molecule has 0 aromatic rings. The Morgan fingerprint density at radius 1 is 1.44 bits per heavy atom. The largest absolute Gasteiger partial charge is 0.420 e. The van der Waals surface area contributed by atoms with E-state index in [4.69, 9.17) is 0 Å². The molecule has 2 fully saturated rings. The minimum absolute atomic E-state index is 0.219. The second-order valence-corrected chi connectivity index (χ2v) is 4.68. The van der Waals surface area contributed by atoms with Crippen LogP contribution in [0.2, 0.25) is 0 Å². The van der Waals surface area contributed by atoms with Crippen molar-refractivity contribution in [3.8, 4) is 0 Å². The number of carbonyl (C=O) groups is 3. The van der Waals surface area contributed by atoms with E-state index in [-0.39, 0.29) is 11.7 Å². The first-order valence-corrected chi connectivity index (χ1v) is 5.40. The van der Waals surface area contributed by atoms with Crippen LogP contribution in [0.5, 0.6) is 0 Å². The molecule has 8 heteroatoms. The molecule has 1 unspecified atom stereocenters. The number of alkyl halides is 3.